The molecule has 4 aromatic rings. The number of nitrogens with one attached hydrogen (secondary N) is 1. The fourth-order valence-electron chi connectivity index (χ4n) is 3.31. The van der Waals surface area contributed by atoms with Gasteiger partial charge in [0.1, 0.15) is 5.65 Å². The Kier molecular flexibility index (Phi) is 4.27. The van der Waals surface area contributed by atoms with E-state index in [-0.39, 0.29) is 22.5 Å². The van der Waals surface area contributed by atoms with Gasteiger partial charge in [-0.1, -0.05) is 42.5 Å². The van der Waals surface area contributed by atoms with Crippen LogP contribution < -0.4 is 16.6 Å². The first kappa shape index (κ1) is 17.7. The predicted molar refractivity (Wildman–Crippen MR) is 107 cm³/mol. The molecule has 0 aliphatic carbocycles. The highest BCUT2D eigenvalue weighted by Gasteiger charge is 2.13. The molecule has 2 aromatic heterocycles. The third kappa shape index (κ3) is 2.87. The first-order valence-corrected chi connectivity index (χ1v) is 8.78. The van der Waals surface area contributed by atoms with E-state index in [4.69, 9.17) is 0 Å². The van der Waals surface area contributed by atoms with E-state index in [0.717, 1.165) is 20.9 Å². The summed E-state index contributed by atoms with van der Waals surface area (Å²) in [5, 5.41) is 5.28. The lowest BCUT2D eigenvalue weighted by Gasteiger charge is -2.10. The molecule has 0 spiro atoms. The van der Waals surface area contributed by atoms with Crippen molar-refractivity contribution in [2.24, 2.45) is 14.1 Å². The maximum absolute atomic E-state index is 12.6. The van der Waals surface area contributed by atoms with Crippen LogP contribution in [0.25, 0.3) is 21.8 Å². The van der Waals surface area contributed by atoms with Crippen LogP contribution in [-0.2, 0) is 20.6 Å². The molecule has 2 heterocycles. The maximum Gasteiger partial charge on any atom is 0.332 e. The summed E-state index contributed by atoms with van der Waals surface area (Å²) < 4.78 is 2.29. The highest BCUT2D eigenvalue weighted by Crippen LogP contribution is 2.18. The molecule has 0 bridgehead atoms. The minimum Gasteiger partial charge on any atom is -0.348 e. The molecule has 7 heteroatoms. The number of pyridine rings is 1. The fourth-order valence-corrected chi connectivity index (χ4v) is 3.31. The quantitative estimate of drug-likeness (QED) is 0.592. The van der Waals surface area contributed by atoms with Gasteiger partial charge in [0, 0.05) is 26.8 Å². The molecule has 0 unspecified atom stereocenters. The van der Waals surface area contributed by atoms with Crippen molar-refractivity contribution in [3.63, 3.8) is 0 Å². The van der Waals surface area contributed by atoms with Gasteiger partial charge in [0.2, 0.25) is 0 Å². The van der Waals surface area contributed by atoms with E-state index in [0.29, 0.717) is 6.54 Å². The normalized spacial score (nSPS) is 11.1. The lowest BCUT2D eigenvalue weighted by Crippen LogP contribution is -2.37. The number of carbonyl (C=O) groups is 1. The van der Waals surface area contributed by atoms with Gasteiger partial charge in [-0.05, 0) is 22.4 Å². The van der Waals surface area contributed by atoms with Crippen molar-refractivity contribution in [1.29, 1.82) is 0 Å². The highest BCUT2D eigenvalue weighted by atomic mass is 16.2. The first-order chi connectivity index (χ1) is 13.5. The first-order valence-electron chi connectivity index (χ1n) is 8.78. The topological polar surface area (TPSA) is 86.0 Å². The van der Waals surface area contributed by atoms with Crippen molar-refractivity contribution < 1.29 is 4.79 Å². The van der Waals surface area contributed by atoms with Crippen molar-refractivity contribution in [2.75, 3.05) is 0 Å². The fraction of sp³-hybridized carbons (Fsp3) is 0.143. The SMILES string of the molecule is Cn1c(=O)c2cc(C(=O)NCc3cccc4ccccc34)cnc2n(C)c1=O. The van der Waals surface area contributed by atoms with Crippen molar-refractivity contribution >= 4 is 27.7 Å². The van der Waals surface area contributed by atoms with E-state index in [1.54, 1.807) is 0 Å². The molecule has 0 atom stereocenters. The summed E-state index contributed by atoms with van der Waals surface area (Å²) in [6.07, 6.45) is 1.37. The second-order valence-corrected chi connectivity index (χ2v) is 6.62. The van der Waals surface area contributed by atoms with Gasteiger partial charge in [0.15, 0.2) is 0 Å². The van der Waals surface area contributed by atoms with Crippen LogP contribution in [0, 0.1) is 0 Å². The van der Waals surface area contributed by atoms with Gasteiger partial charge >= 0.3 is 5.69 Å². The molecular formula is C21H18N4O3. The molecule has 28 heavy (non-hydrogen) atoms. The van der Waals surface area contributed by atoms with Crippen molar-refractivity contribution in [1.82, 2.24) is 19.4 Å². The third-order valence-electron chi connectivity index (χ3n) is 4.87. The van der Waals surface area contributed by atoms with Crippen molar-refractivity contribution in [2.45, 2.75) is 6.54 Å². The Morgan fingerprint density at radius 3 is 2.57 bits per heavy atom. The second kappa shape index (κ2) is 6.77. The Labute approximate surface area is 159 Å². The van der Waals surface area contributed by atoms with E-state index in [2.05, 4.69) is 10.3 Å². The molecule has 1 amide bonds. The number of aromatic nitrogens is 3. The molecule has 1 N–H and O–H groups in total. The summed E-state index contributed by atoms with van der Waals surface area (Å²) in [7, 11) is 2.94. The number of benzene rings is 2. The molecule has 0 aliphatic rings. The summed E-state index contributed by atoms with van der Waals surface area (Å²) >= 11 is 0. The highest BCUT2D eigenvalue weighted by molar-refractivity contribution is 5.97. The zero-order valence-electron chi connectivity index (χ0n) is 15.5. The zero-order chi connectivity index (χ0) is 19.8. The maximum atomic E-state index is 12.6. The number of amides is 1. The average molecular weight is 374 g/mol. The number of carbonyl (C=O) groups excluding carboxylic acids is 1. The molecule has 0 fully saturated rings. The lowest BCUT2D eigenvalue weighted by molar-refractivity contribution is 0.0951. The summed E-state index contributed by atoms with van der Waals surface area (Å²) in [5.74, 6) is -0.335. The van der Waals surface area contributed by atoms with Crippen molar-refractivity contribution in [3.05, 3.63) is 86.7 Å². The monoisotopic (exact) mass is 374 g/mol. The summed E-state index contributed by atoms with van der Waals surface area (Å²) in [6, 6.07) is 15.4. The molecule has 2 aromatic carbocycles. The number of nitrogens with zero attached hydrogens (tertiary/aromatic N) is 3. The molecular weight excluding hydrogens is 356 g/mol. The smallest absolute Gasteiger partial charge is 0.332 e. The van der Waals surface area contributed by atoms with Crippen LogP contribution in [0.3, 0.4) is 0 Å². The van der Waals surface area contributed by atoms with E-state index >= 15 is 0 Å². The minimum absolute atomic E-state index is 0.224. The molecule has 0 saturated carbocycles. The van der Waals surface area contributed by atoms with E-state index < -0.39 is 11.2 Å². The van der Waals surface area contributed by atoms with Gasteiger partial charge in [-0.2, -0.15) is 0 Å². The number of fused-ring (bicyclic) bond motifs is 2. The number of hydrogen-bond acceptors (Lipinski definition) is 4. The number of aryl methyl sites for hydroxylation is 1. The van der Waals surface area contributed by atoms with Crippen LogP contribution in [0.1, 0.15) is 15.9 Å². The van der Waals surface area contributed by atoms with Crippen LogP contribution in [0.2, 0.25) is 0 Å². The number of hydrogen-bond donors (Lipinski definition) is 1. The zero-order valence-corrected chi connectivity index (χ0v) is 15.5. The molecule has 0 aliphatic heterocycles. The van der Waals surface area contributed by atoms with Crippen LogP contribution >= 0.6 is 0 Å². The third-order valence-corrected chi connectivity index (χ3v) is 4.87. The van der Waals surface area contributed by atoms with Gasteiger partial charge < -0.3 is 5.32 Å². The van der Waals surface area contributed by atoms with Gasteiger partial charge in [0.25, 0.3) is 11.5 Å². The van der Waals surface area contributed by atoms with Gasteiger partial charge in [0.05, 0.1) is 10.9 Å². The Morgan fingerprint density at radius 2 is 1.75 bits per heavy atom. The van der Waals surface area contributed by atoms with Gasteiger partial charge in [-0.15, -0.1) is 0 Å². The molecule has 4 rings (SSSR count). The Bertz CT molecular complexity index is 1350. The second-order valence-electron chi connectivity index (χ2n) is 6.62. The van der Waals surface area contributed by atoms with Crippen LogP contribution in [0.5, 0.6) is 0 Å². The molecule has 0 radical (unpaired) electrons. The lowest BCUT2D eigenvalue weighted by atomic mass is 10.0. The Balaban J connectivity index is 1.66. The average Bonchev–Trinajstić information content (AvgIpc) is 2.74. The van der Waals surface area contributed by atoms with Crippen LogP contribution in [0.15, 0.2) is 64.3 Å². The van der Waals surface area contributed by atoms with Crippen molar-refractivity contribution in [3.8, 4) is 0 Å². The predicted octanol–water partition coefficient (Wildman–Crippen LogP) is 1.72. The standard InChI is InChI=1S/C21H18N4O3/c1-24-18-17(20(27)25(2)21(24)28)10-15(12-22-18)19(26)23-11-14-8-5-7-13-6-3-4-9-16(13)14/h3-10,12H,11H2,1-2H3,(H,23,26). The van der Waals surface area contributed by atoms with Crippen LogP contribution in [-0.4, -0.2) is 20.0 Å². The Hall–Kier alpha value is -3.74. The van der Waals surface area contributed by atoms with Crippen LogP contribution in [0.4, 0.5) is 0 Å². The number of rotatable bonds is 3. The van der Waals surface area contributed by atoms with Gasteiger partial charge in [-0.3, -0.25) is 18.7 Å². The van der Waals surface area contributed by atoms with E-state index in [9.17, 15) is 14.4 Å². The summed E-state index contributed by atoms with van der Waals surface area (Å²) in [6.45, 7) is 0.351. The summed E-state index contributed by atoms with van der Waals surface area (Å²) in [5.41, 5.74) is 0.577. The molecule has 0 saturated heterocycles. The molecule has 140 valence electrons. The Morgan fingerprint density at radius 1 is 1.00 bits per heavy atom. The van der Waals surface area contributed by atoms with E-state index in [1.165, 1.54) is 30.9 Å². The summed E-state index contributed by atoms with van der Waals surface area (Å²) in [4.78, 5) is 41.2. The molecule has 7 nitrogen and oxygen atoms in total. The van der Waals surface area contributed by atoms with Gasteiger partial charge in [-0.25, -0.2) is 9.78 Å². The minimum atomic E-state index is -0.477. The van der Waals surface area contributed by atoms with E-state index in [1.807, 2.05) is 42.5 Å². The largest absolute Gasteiger partial charge is 0.348 e.